The highest BCUT2D eigenvalue weighted by Gasteiger charge is 2.15. The van der Waals surface area contributed by atoms with Crippen LogP contribution in [-0.2, 0) is 9.59 Å². The number of rotatable bonds is 5. The summed E-state index contributed by atoms with van der Waals surface area (Å²) < 4.78 is 0. The largest absolute Gasteiger partial charge is 0.343 e. The molecule has 1 aromatic rings. The van der Waals surface area contributed by atoms with E-state index < -0.39 is 0 Å². The summed E-state index contributed by atoms with van der Waals surface area (Å²) >= 11 is 5.84. The van der Waals surface area contributed by atoms with Crippen molar-refractivity contribution in [3.63, 3.8) is 0 Å². The molecular weight excluding hydrogens is 264 g/mol. The molecule has 1 aromatic carbocycles. The summed E-state index contributed by atoms with van der Waals surface area (Å²) in [6.45, 7) is 6.87. The Kier molecular flexibility index (Phi) is 5.83. The van der Waals surface area contributed by atoms with E-state index in [9.17, 15) is 9.59 Å². The van der Waals surface area contributed by atoms with Gasteiger partial charge in [-0.15, -0.1) is 0 Å². The van der Waals surface area contributed by atoms with E-state index in [1.54, 1.807) is 23.1 Å². The van der Waals surface area contributed by atoms with Gasteiger partial charge >= 0.3 is 0 Å². The smallest absolute Gasteiger partial charge is 0.233 e. The Labute approximate surface area is 118 Å². The van der Waals surface area contributed by atoms with Crippen molar-refractivity contribution < 1.29 is 9.59 Å². The SMILES string of the molecule is CCN(CC)C(=O)CC(=O)Nc1ccc(Cl)cc1C. The standard InChI is InChI=1S/C14H19ClN2O2/c1-4-17(5-2)14(19)9-13(18)16-12-7-6-11(15)8-10(12)3/h6-8H,4-5,9H2,1-3H3,(H,16,18). The number of aryl methyl sites for hydroxylation is 1. The Morgan fingerprint density at radius 1 is 1.26 bits per heavy atom. The zero-order valence-electron chi connectivity index (χ0n) is 11.5. The Hall–Kier alpha value is -1.55. The number of carbonyl (C=O) groups is 2. The summed E-state index contributed by atoms with van der Waals surface area (Å²) in [6, 6.07) is 5.21. The van der Waals surface area contributed by atoms with Crippen LogP contribution >= 0.6 is 11.6 Å². The van der Waals surface area contributed by atoms with Crippen LogP contribution < -0.4 is 5.32 Å². The number of nitrogens with one attached hydrogen (secondary N) is 1. The predicted molar refractivity (Wildman–Crippen MR) is 77.4 cm³/mol. The van der Waals surface area contributed by atoms with Crippen molar-refractivity contribution in [1.82, 2.24) is 4.90 Å². The van der Waals surface area contributed by atoms with Crippen LogP contribution in [0.15, 0.2) is 18.2 Å². The van der Waals surface area contributed by atoms with Gasteiger partial charge in [0.2, 0.25) is 11.8 Å². The fourth-order valence-electron chi connectivity index (χ4n) is 1.79. The van der Waals surface area contributed by atoms with E-state index in [-0.39, 0.29) is 18.2 Å². The van der Waals surface area contributed by atoms with Crippen LogP contribution in [0.4, 0.5) is 5.69 Å². The van der Waals surface area contributed by atoms with Crippen LogP contribution in [0.2, 0.25) is 5.02 Å². The first kappa shape index (κ1) is 15.5. The summed E-state index contributed by atoms with van der Waals surface area (Å²) in [6.07, 6.45) is -0.135. The quantitative estimate of drug-likeness (QED) is 0.844. The number of halogens is 1. The van der Waals surface area contributed by atoms with Crippen LogP contribution in [0.1, 0.15) is 25.8 Å². The van der Waals surface area contributed by atoms with Gasteiger partial charge in [0.1, 0.15) is 6.42 Å². The third-order valence-electron chi connectivity index (χ3n) is 2.89. The van der Waals surface area contributed by atoms with E-state index in [1.807, 2.05) is 20.8 Å². The summed E-state index contributed by atoms with van der Waals surface area (Å²) in [4.78, 5) is 25.2. The molecule has 0 spiro atoms. The summed E-state index contributed by atoms with van der Waals surface area (Å²) in [7, 11) is 0. The fraction of sp³-hybridized carbons (Fsp3) is 0.429. The molecule has 4 nitrogen and oxygen atoms in total. The molecule has 0 aromatic heterocycles. The van der Waals surface area contributed by atoms with Crippen molar-refractivity contribution in [2.45, 2.75) is 27.2 Å². The highest BCUT2D eigenvalue weighted by molar-refractivity contribution is 6.30. The summed E-state index contributed by atoms with van der Waals surface area (Å²) in [5.41, 5.74) is 1.55. The molecule has 0 aliphatic carbocycles. The molecule has 0 atom stereocenters. The lowest BCUT2D eigenvalue weighted by Gasteiger charge is -2.18. The molecule has 1 rings (SSSR count). The predicted octanol–water partition coefficient (Wildman–Crippen LogP) is 2.85. The first-order chi connectivity index (χ1) is 8.97. The normalized spacial score (nSPS) is 10.1. The molecule has 104 valence electrons. The van der Waals surface area contributed by atoms with E-state index in [0.717, 1.165) is 5.56 Å². The molecule has 0 aliphatic heterocycles. The summed E-state index contributed by atoms with van der Waals surface area (Å²) in [5.74, 6) is -0.462. The third-order valence-corrected chi connectivity index (χ3v) is 3.13. The highest BCUT2D eigenvalue weighted by atomic mass is 35.5. The van der Waals surface area contributed by atoms with Gasteiger partial charge < -0.3 is 10.2 Å². The maximum Gasteiger partial charge on any atom is 0.233 e. The zero-order valence-corrected chi connectivity index (χ0v) is 12.3. The van der Waals surface area contributed by atoms with E-state index >= 15 is 0 Å². The molecular formula is C14H19ClN2O2. The van der Waals surface area contributed by atoms with Crippen LogP contribution in [0.25, 0.3) is 0 Å². The van der Waals surface area contributed by atoms with Gasteiger partial charge in [-0.05, 0) is 44.5 Å². The summed E-state index contributed by atoms with van der Waals surface area (Å²) in [5, 5.41) is 3.35. The lowest BCUT2D eigenvalue weighted by molar-refractivity contribution is -0.134. The van der Waals surface area contributed by atoms with Crippen molar-refractivity contribution in [3.8, 4) is 0 Å². The van der Waals surface area contributed by atoms with Crippen LogP contribution in [0.5, 0.6) is 0 Å². The molecule has 0 fully saturated rings. The highest BCUT2D eigenvalue weighted by Crippen LogP contribution is 2.19. The number of carbonyl (C=O) groups excluding carboxylic acids is 2. The molecule has 0 radical (unpaired) electrons. The number of amides is 2. The second-order valence-electron chi connectivity index (χ2n) is 4.25. The van der Waals surface area contributed by atoms with Gasteiger partial charge in [-0.2, -0.15) is 0 Å². The van der Waals surface area contributed by atoms with Gasteiger partial charge in [-0.25, -0.2) is 0 Å². The van der Waals surface area contributed by atoms with Crippen molar-refractivity contribution >= 4 is 29.1 Å². The van der Waals surface area contributed by atoms with Crippen LogP contribution in [0.3, 0.4) is 0 Å². The minimum Gasteiger partial charge on any atom is -0.343 e. The molecule has 0 unspecified atom stereocenters. The van der Waals surface area contributed by atoms with Gasteiger partial charge in [0.15, 0.2) is 0 Å². The Balaban J connectivity index is 2.63. The van der Waals surface area contributed by atoms with Crippen molar-refractivity contribution in [1.29, 1.82) is 0 Å². The minimum absolute atomic E-state index is 0.135. The van der Waals surface area contributed by atoms with Crippen LogP contribution in [0, 0.1) is 6.92 Å². The molecule has 0 saturated carbocycles. The molecule has 19 heavy (non-hydrogen) atoms. The second kappa shape index (κ2) is 7.14. The molecule has 0 saturated heterocycles. The van der Waals surface area contributed by atoms with Gasteiger partial charge in [0, 0.05) is 23.8 Å². The lowest BCUT2D eigenvalue weighted by Crippen LogP contribution is -2.33. The average molecular weight is 283 g/mol. The molecule has 0 heterocycles. The molecule has 5 heteroatoms. The number of benzene rings is 1. The maximum atomic E-state index is 11.8. The molecule has 2 amide bonds. The Bertz CT molecular complexity index is 471. The van der Waals surface area contributed by atoms with Gasteiger partial charge in [-0.1, -0.05) is 11.6 Å². The van der Waals surface area contributed by atoms with Gasteiger partial charge in [0.25, 0.3) is 0 Å². The first-order valence-corrected chi connectivity index (χ1v) is 6.69. The van der Waals surface area contributed by atoms with E-state index in [4.69, 9.17) is 11.6 Å². The van der Waals surface area contributed by atoms with Crippen molar-refractivity contribution in [3.05, 3.63) is 28.8 Å². The number of anilines is 1. The van der Waals surface area contributed by atoms with E-state index in [0.29, 0.717) is 23.8 Å². The van der Waals surface area contributed by atoms with Gasteiger partial charge in [0.05, 0.1) is 0 Å². The Morgan fingerprint density at radius 3 is 2.42 bits per heavy atom. The molecule has 1 N–H and O–H groups in total. The first-order valence-electron chi connectivity index (χ1n) is 6.31. The van der Waals surface area contributed by atoms with Crippen LogP contribution in [-0.4, -0.2) is 29.8 Å². The minimum atomic E-state index is -0.303. The number of hydrogen-bond donors (Lipinski definition) is 1. The average Bonchev–Trinajstić information content (AvgIpc) is 2.34. The monoisotopic (exact) mass is 282 g/mol. The molecule has 0 bridgehead atoms. The van der Waals surface area contributed by atoms with Crippen molar-refractivity contribution in [2.75, 3.05) is 18.4 Å². The topological polar surface area (TPSA) is 49.4 Å². The zero-order chi connectivity index (χ0) is 14.4. The van der Waals surface area contributed by atoms with Crippen molar-refractivity contribution in [2.24, 2.45) is 0 Å². The third kappa shape index (κ3) is 4.56. The maximum absolute atomic E-state index is 11.8. The van der Waals surface area contributed by atoms with E-state index in [1.165, 1.54) is 0 Å². The number of nitrogens with zero attached hydrogens (tertiary/aromatic N) is 1. The number of hydrogen-bond acceptors (Lipinski definition) is 2. The fourth-order valence-corrected chi connectivity index (χ4v) is 2.01. The van der Waals surface area contributed by atoms with E-state index in [2.05, 4.69) is 5.32 Å². The van der Waals surface area contributed by atoms with Gasteiger partial charge in [-0.3, -0.25) is 9.59 Å². The Morgan fingerprint density at radius 2 is 1.89 bits per heavy atom. The lowest BCUT2D eigenvalue weighted by atomic mass is 10.2. The second-order valence-corrected chi connectivity index (χ2v) is 4.69. The molecule has 0 aliphatic rings.